The van der Waals surface area contributed by atoms with Crippen molar-refractivity contribution in [3.05, 3.63) is 17.3 Å². The first kappa shape index (κ1) is 11.2. The number of nitrogens with zero attached hydrogens (tertiary/aromatic N) is 1. The third-order valence-corrected chi connectivity index (χ3v) is 1.74. The summed E-state index contributed by atoms with van der Waals surface area (Å²) in [5, 5.41) is 0. The minimum atomic E-state index is -2.82. The lowest BCUT2D eigenvalue weighted by molar-refractivity contribution is 0.0994. The van der Waals surface area contributed by atoms with E-state index in [9.17, 15) is 13.6 Å². The lowest BCUT2D eigenvalue weighted by atomic mass is 10.2. The first-order chi connectivity index (χ1) is 6.97. The molecule has 0 aliphatic heterocycles. The number of methoxy groups -OCH3 is 1. The molecule has 1 rings (SSSR count). The second-order valence-electron chi connectivity index (χ2n) is 2.67. The van der Waals surface area contributed by atoms with E-state index >= 15 is 0 Å². The van der Waals surface area contributed by atoms with Crippen LogP contribution in [0.2, 0.25) is 0 Å². The highest BCUT2D eigenvalue weighted by molar-refractivity contribution is 5.91. The van der Waals surface area contributed by atoms with E-state index in [1.165, 1.54) is 7.11 Å². The molecule has 0 aliphatic rings. The number of nitrogens with two attached hydrogens (primary N) is 2. The molecule has 0 bridgehead atoms. The summed E-state index contributed by atoms with van der Waals surface area (Å²) in [7, 11) is 1.19. The fourth-order valence-electron chi connectivity index (χ4n) is 1.06. The molecule has 0 atom stereocenters. The maximum absolute atomic E-state index is 12.5. The van der Waals surface area contributed by atoms with Gasteiger partial charge in [0.2, 0.25) is 0 Å². The maximum atomic E-state index is 12.5. The molecule has 15 heavy (non-hydrogen) atoms. The number of anilines is 1. The number of aromatic nitrogens is 1. The lowest BCUT2D eigenvalue weighted by Gasteiger charge is -2.10. The van der Waals surface area contributed by atoms with Crippen molar-refractivity contribution < 1.29 is 18.3 Å². The maximum Gasteiger partial charge on any atom is 0.270 e. The van der Waals surface area contributed by atoms with Gasteiger partial charge in [-0.25, -0.2) is 13.8 Å². The van der Waals surface area contributed by atoms with Crippen LogP contribution >= 0.6 is 0 Å². The average molecular weight is 217 g/mol. The van der Waals surface area contributed by atoms with Gasteiger partial charge in [0.1, 0.15) is 22.8 Å². The van der Waals surface area contributed by atoms with Crippen LogP contribution in [0.15, 0.2) is 6.07 Å². The number of halogens is 2. The zero-order valence-electron chi connectivity index (χ0n) is 7.83. The lowest BCUT2D eigenvalue weighted by Crippen LogP contribution is -2.15. The molecule has 0 fully saturated rings. The molecule has 1 aromatic heterocycles. The number of ether oxygens (including phenoxy) is 1. The number of carbonyl (C=O) groups is 1. The molecule has 0 spiro atoms. The highest BCUT2D eigenvalue weighted by atomic mass is 19.3. The van der Waals surface area contributed by atoms with E-state index < -0.39 is 23.7 Å². The molecule has 0 radical (unpaired) electrons. The average Bonchev–Trinajstić information content (AvgIpc) is 2.15. The third kappa shape index (κ3) is 2.12. The van der Waals surface area contributed by atoms with Crippen LogP contribution < -0.4 is 16.2 Å². The van der Waals surface area contributed by atoms with Crippen LogP contribution in [0.25, 0.3) is 0 Å². The molecule has 0 saturated carbocycles. The number of hydrogen-bond donors (Lipinski definition) is 2. The van der Waals surface area contributed by atoms with Crippen molar-refractivity contribution >= 4 is 11.7 Å². The fourth-order valence-corrected chi connectivity index (χ4v) is 1.06. The Kier molecular flexibility index (Phi) is 3.03. The smallest absolute Gasteiger partial charge is 0.270 e. The van der Waals surface area contributed by atoms with Gasteiger partial charge in [-0.3, -0.25) is 4.79 Å². The topological polar surface area (TPSA) is 91.2 Å². The van der Waals surface area contributed by atoms with Crippen molar-refractivity contribution in [2.24, 2.45) is 5.73 Å². The van der Waals surface area contributed by atoms with Gasteiger partial charge in [0, 0.05) is 6.07 Å². The Labute approximate surface area is 84.0 Å². The number of pyridine rings is 1. The Morgan fingerprint density at radius 1 is 1.60 bits per heavy atom. The summed E-state index contributed by atoms with van der Waals surface area (Å²) < 4.78 is 29.7. The van der Waals surface area contributed by atoms with Crippen LogP contribution in [-0.4, -0.2) is 18.0 Å². The molecule has 0 saturated heterocycles. The molecule has 0 aliphatic carbocycles. The summed E-state index contributed by atoms with van der Waals surface area (Å²) in [5.41, 5.74) is 9.44. The van der Waals surface area contributed by atoms with Gasteiger partial charge in [-0.1, -0.05) is 0 Å². The van der Waals surface area contributed by atoms with E-state index in [2.05, 4.69) is 9.72 Å². The largest absolute Gasteiger partial charge is 0.496 e. The summed E-state index contributed by atoms with van der Waals surface area (Å²) in [5.74, 6) is -1.52. The number of hydrogen-bond acceptors (Lipinski definition) is 4. The first-order valence-corrected chi connectivity index (χ1v) is 3.89. The fraction of sp³-hybridized carbons (Fsp3) is 0.250. The van der Waals surface area contributed by atoms with Gasteiger partial charge in [0.05, 0.1) is 7.11 Å². The van der Waals surface area contributed by atoms with E-state index in [1.54, 1.807) is 0 Å². The monoisotopic (exact) mass is 217 g/mol. The first-order valence-electron chi connectivity index (χ1n) is 3.89. The Morgan fingerprint density at radius 3 is 2.60 bits per heavy atom. The Bertz CT molecular complexity index is 396. The number of alkyl halides is 2. The second kappa shape index (κ2) is 4.07. The van der Waals surface area contributed by atoms with Crippen LogP contribution in [0, 0.1) is 0 Å². The molecule has 1 aromatic rings. The number of carbonyl (C=O) groups excluding carboxylic acids is 1. The molecule has 0 aromatic carbocycles. The Morgan fingerprint density at radius 2 is 2.20 bits per heavy atom. The molecular formula is C8H9F2N3O2. The summed E-state index contributed by atoms with van der Waals surface area (Å²) in [6.07, 6.45) is -2.82. The van der Waals surface area contributed by atoms with E-state index in [-0.39, 0.29) is 11.4 Å². The molecule has 0 unspecified atom stereocenters. The predicted octanol–water partition coefficient (Wildman–Crippen LogP) is 0.709. The normalized spacial score (nSPS) is 10.4. The molecule has 82 valence electrons. The minimum absolute atomic E-state index is 0.202. The third-order valence-electron chi connectivity index (χ3n) is 1.74. The van der Waals surface area contributed by atoms with Gasteiger partial charge in [0.15, 0.2) is 0 Å². The summed E-state index contributed by atoms with van der Waals surface area (Å²) in [6, 6.07) is 1.03. The van der Waals surface area contributed by atoms with Crippen molar-refractivity contribution in [3.63, 3.8) is 0 Å². The summed E-state index contributed by atoms with van der Waals surface area (Å²) in [6.45, 7) is 0. The van der Waals surface area contributed by atoms with Crippen molar-refractivity contribution in [1.82, 2.24) is 4.98 Å². The number of nitrogen functional groups attached to an aromatic ring is 1. The minimum Gasteiger partial charge on any atom is -0.496 e. The van der Waals surface area contributed by atoms with Gasteiger partial charge in [-0.05, 0) is 0 Å². The van der Waals surface area contributed by atoms with Gasteiger partial charge in [-0.2, -0.15) is 0 Å². The Hall–Kier alpha value is -1.92. The van der Waals surface area contributed by atoms with Crippen LogP contribution in [0.1, 0.15) is 22.5 Å². The van der Waals surface area contributed by atoms with E-state index in [0.717, 1.165) is 6.07 Å². The predicted molar refractivity (Wildman–Crippen MR) is 48.7 cm³/mol. The quantitative estimate of drug-likeness (QED) is 0.779. The number of rotatable bonds is 3. The van der Waals surface area contributed by atoms with Crippen LogP contribution in [0.5, 0.6) is 5.75 Å². The van der Waals surface area contributed by atoms with Crippen LogP contribution in [0.3, 0.4) is 0 Å². The molecule has 7 heteroatoms. The van der Waals surface area contributed by atoms with Crippen LogP contribution in [-0.2, 0) is 0 Å². The molecule has 4 N–H and O–H groups in total. The van der Waals surface area contributed by atoms with Crippen LogP contribution in [0.4, 0.5) is 14.6 Å². The molecular weight excluding hydrogens is 208 g/mol. The molecule has 1 heterocycles. The standard InChI is InChI=1S/C8H9F2N3O2/c1-15-4-2-3(8(12)14)13-7(11)5(4)6(9)10/h2,6H,1H3,(H2,11,13)(H2,12,14). The van der Waals surface area contributed by atoms with Crippen molar-refractivity contribution in [3.8, 4) is 5.75 Å². The zero-order chi connectivity index (χ0) is 11.6. The highest BCUT2D eigenvalue weighted by Crippen LogP contribution is 2.33. The van der Waals surface area contributed by atoms with Gasteiger partial charge < -0.3 is 16.2 Å². The van der Waals surface area contributed by atoms with Crippen molar-refractivity contribution in [2.45, 2.75) is 6.43 Å². The second-order valence-corrected chi connectivity index (χ2v) is 2.67. The molecule has 1 amide bonds. The van der Waals surface area contributed by atoms with Crippen molar-refractivity contribution in [1.29, 1.82) is 0 Å². The summed E-state index contributed by atoms with van der Waals surface area (Å²) in [4.78, 5) is 14.2. The summed E-state index contributed by atoms with van der Waals surface area (Å²) >= 11 is 0. The van der Waals surface area contributed by atoms with Gasteiger partial charge in [0.25, 0.3) is 12.3 Å². The van der Waals surface area contributed by atoms with Gasteiger partial charge >= 0.3 is 0 Å². The number of primary amides is 1. The van der Waals surface area contributed by atoms with E-state index in [1.807, 2.05) is 0 Å². The van der Waals surface area contributed by atoms with Gasteiger partial charge in [-0.15, -0.1) is 0 Å². The zero-order valence-corrected chi connectivity index (χ0v) is 7.83. The van der Waals surface area contributed by atoms with Crippen molar-refractivity contribution in [2.75, 3.05) is 12.8 Å². The SMILES string of the molecule is COc1cc(C(N)=O)nc(N)c1C(F)F. The highest BCUT2D eigenvalue weighted by Gasteiger charge is 2.21. The van der Waals surface area contributed by atoms with E-state index in [0.29, 0.717) is 0 Å². The Balaban J connectivity index is 3.37. The number of amides is 1. The molecule has 5 nitrogen and oxygen atoms in total. The van der Waals surface area contributed by atoms with E-state index in [4.69, 9.17) is 11.5 Å².